The third-order valence-corrected chi connectivity index (χ3v) is 4.28. The molecule has 1 aliphatic heterocycles. The van der Waals surface area contributed by atoms with E-state index in [1.54, 1.807) is 0 Å². The molecule has 1 aromatic carbocycles. The molecule has 0 aliphatic carbocycles. The summed E-state index contributed by atoms with van der Waals surface area (Å²) in [5, 5.41) is 4.18. The van der Waals surface area contributed by atoms with Crippen LogP contribution in [0.25, 0.3) is 0 Å². The predicted octanol–water partition coefficient (Wildman–Crippen LogP) is 4.23. The van der Waals surface area contributed by atoms with Crippen LogP contribution in [0.5, 0.6) is 5.75 Å². The van der Waals surface area contributed by atoms with Gasteiger partial charge in [0.15, 0.2) is 0 Å². The number of hydrogen-bond donors (Lipinski definition) is 1. The highest BCUT2D eigenvalue weighted by atomic mass is 35.5. The summed E-state index contributed by atoms with van der Waals surface area (Å²) in [4.78, 5) is 0. The Kier molecular flexibility index (Phi) is 5.53. The zero-order chi connectivity index (χ0) is 13.7. The molecular weight excluding hydrogens is 258 g/mol. The van der Waals surface area contributed by atoms with Gasteiger partial charge in [-0.1, -0.05) is 25.4 Å². The summed E-state index contributed by atoms with van der Waals surface area (Å²) in [5.74, 6) is 2.18. The van der Waals surface area contributed by atoms with E-state index in [1.807, 2.05) is 18.2 Å². The lowest BCUT2D eigenvalue weighted by Crippen LogP contribution is -2.30. The summed E-state index contributed by atoms with van der Waals surface area (Å²) in [6, 6.07) is 5.99. The molecule has 1 atom stereocenters. The number of hydrogen-bond acceptors (Lipinski definition) is 2. The van der Waals surface area contributed by atoms with Crippen LogP contribution in [0.15, 0.2) is 18.2 Å². The minimum atomic E-state index is 0.488. The van der Waals surface area contributed by atoms with Crippen molar-refractivity contribution in [1.29, 1.82) is 0 Å². The maximum atomic E-state index is 6.10. The van der Waals surface area contributed by atoms with E-state index in [2.05, 4.69) is 19.2 Å². The fourth-order valence-electron chi connectivity index (χ4n) is 2.51. The van der Waals surface area contributed by atoms with Gasteiger partial charge >= 0.3 is 0 Å². The van der Waals surface area contributed by atoms with E-state index in [1.165, 1.54) is 18.4 Å². The van der Waals surface area contributed by atoms with E-state index >= 15 is 0 Å². The first-order chi connectivity index (χ1) is 9.20. The quantitative estimate of drug-likeness (QED) is 0.872. The molecule has 1 saturated heterocycles. The molecule has 0 radical (unpaired) electrons. The Morgan fingerprint density at radius 1 is 1.37 bits per heavy atom. The van der Waals surface area contributed by atoms with Gasteiger partial charge in [-0.3, -0.25) is 0 Å². The minimum absolute atomic E-state index is 0.488. The first-order valence-corrected chi connectivity index (χ1v) is 7.71. The third kappa shape index (κ3) is 4.12. The Labute approximate surface area is 121 Å². The Hall–Kier alpha value is -0.730. The molecule has 0 aromatic heterocycles. The second kappa shape index (κ2) is 7.16. The number of ether oxygens (including phenoxy) is 1. The van der Waals surface area contributed by atoms with Crippen molar-refractivity contribution in [3.8, 4) is 5.75 Å². The molecule has 3 heteroatoms. The Balaban J connectivity index is 2.02. The van der Waals surface area contributed by atoms with Gasteiger partial charge in [-0.15, -0.1) is 0 Å². The van der Waals surface area contributed by atoms with E-state index in [0.29, 0.717) is 11.8 Å². The van der Waals surface area contributed by atoms with Gasteiger partial charge in [0.05, 0.1) is 6.61 Å². The number of benzene rings is 1. The van der Waals surface area contributed by atoms with Crippen LogP contribution in [0, 0.1) is 5.92 Å². The lowest BCUT2D eigenvalue weighted by atomic mass is 9.97. The van der Waals surface area contributed by atoms with E-state index < -0.39 is 0 Å². The van der Waals surface area contributed by atoms with E-state index in [0.717, 1.165) is 36.9 Å². The van der Waals surface area contributed by atoms with Gasteiger partial charge in [0.25, 0.3) is 0 Å². The molecular formula is C16H24ClNO. The summed E-state index contributed by atoms with van der Waals surface area (Å²) in [7, 11) is 0. The minimum Gasteiger partial charge on any atom is -0.493 e. The lowest BCUT2D eigenvalue weighted by molar-refractivity contribution is 0.213. The van der Waals surface area contributed by atoms with Crippen molar-refractivity contribution in [1.82, 2.24) is 5.32 Å². The number of rotatable bonds is 5. The van der Waals surface area contributed by atoms with Crippen LogP contribution in [0.2, 0.25) is 5.02 Å². The Morgan fingerprint density at radius 3 is 2.79 bits per heavy atom. The summed E-state index contributed by atoms with van der Waals surface area (Å²) in [6.45, 7) is 7.48. The van der Waals surface area contributed by atoms with Crippen molar-refractivity contribution in [3.63, 3.8) is 0 Å². The van der Waals surface area contributed by atoms with Crippen LogP contribution >= 0.6 is 11.6 Å². The molecule has 1 N–H and O–H groups in total. The monoisotopic (exact) mass is 281 g/mol. The molecule has 1 fully saturated rings. The first-order valence-electron chi connectivity index (χ1n) is 7.33. The maximum Gasteiger partial charge on any atom is 0.122 e. The zero-order valence-corrected chi connectivity index (χ0v) is 12.7. The number of piperidine rings is 1. The molecule has 1 aromatic rings. The normalized spacial score (nSPS) is 18.3. The highest BCUT2D eigenvalue weighted by molar-refractivity contribution is 6.30. The van der Waals surface area contributed by atoms with Gasteiger partial charge in [0.1, 0.15) is 5.75 Å². The van der Waals surface area contributed by atoms with Crippen molar-refractivity contribution < 1.29 is 4.74 Å². The molecule has 1 heterocycles. The zero-order valence-electron chi connectivity index (χ0n) is 11.9. The van der Waals surface area contributed by atoms with Crippen molar-refractivity contribution in [2.75, 3.05) is 19.7 Å². The SMILES string of the molecule is CC[C@H](C)c1cc(Cl)ccc1OCC1CCNCC1. The Morgan fingerprint density at radius 2 is 2.11 bits per heavy atom. The fraction of sp³-hybridized carbons (Fsp3) is 0.625. The van der Waals surface area contributed by atoms with Gasteiger partial charge in [-0.05, 0) is 68.0 Å². The highest BCUT2D eigenvalue weighted by Crippen LogP contribution is 2.32. The molecule has 0 bridgehead atoms. The van der Waals surface area contributed by atoms with Gasteiger partial charge in [0, 0.05) is 5.02 Å². The summed E-state index contributed by atoms with van der Waals surface area (Å²) in [5.41, 5.74) is 1.24. The maximum absolute atomic E-state index is 6.10. The van der Waals surface area contributed by atoms with Crippen LogP contribution in [0.4, 0.5) is 0 Å². The molecule has 2 rings (SSSR count). The summed E-state index contributed by atoms with van der Waals surface area (Å²) < 4.78 is 6.07. The van der Waals surface area contributed by atoms with Crippen LogP contribution in [-0.4, -0.2) is 19.7 Å². The van der Waals surface area contributed by atoms with E-state index in [-0.39, 0.29) is 0 Å². The predicted molar refractivity (Wildman–Crippen MR) is 81.2 cm³/mol. The number of nitrogens with one attached hydrogen (secondary N) is 1. The van der Waals surface area contributed by atoms with Crippen molar-refractivity contribution >= 4 is 11.6 Å². The van der Waals surface area contributed by atoms with Crippen LogP contribution in [-0.2, 0) is 0 Å². The van der Waals surface area contributed by atoms with Gasteiger partial charge in [-0.25, -0.2) is 0 Å². The smallest absolute Gasteiger partial charge is 0.122 e. The molecule has 0 spiro atoms. The largest absolute Gasteiger partial charge is 0.493 e. The average molecular weight is 282 g/mol. The summed E-state index contributed by atoms with van der Waals surface area (Å²) >= 11 is 6.10. The van der Waals surface area contributed by atoms with Crippen molar-refractivity contribution in [2.24, 2.45) is 5.92 Å². The van der Waals surface area contributed by atoms with Crippen molar-refractivity contribution in [3.05, 3.63) is 28.8 Å². The van der Waals surface area contributed by atoms with Crippen LogP contribution in [0.3, 0.4) is 0 Å². The Bertz CT molecular complexity index is 402. The van der Waals surface area contributed by atoms with E-state index in [4.69, 9.17) is 16.3 Å². The molecule has 0 amide bonds. The lowest BCUT2D eigenvalue weighted by Gasteiger charge is -2.24. The molecule has 19 heavy (non-hydrogen) atoms. The van der Waals surface area contributed by atoms with Crippen molar-refractivity contribution in [2.45, 2.75) is 39.0 Å². The van der Waals surface area contributed by atoms with Gasteiger partial charge in [-0.2, -0.15) is 0 Å². The van der Waals surface area contributed by atoms with Crippen LogP contribution in [0.1, 0.15) is 44.6 Å². The third-order valence-electron chi connectivity index (χ3n) is 4.05. The van der Waals surface area contributed by atoms with Gasteiger partial charge < -0.3 is 10.1 Å². The van der Waals surface area contributed by atoms with Crippen LogP contribution < -0.4 is 10.1 Å². The molecule has 106 valence electrons. The number of halogens is 1. The molecule has 1 aliphatic rings. The van der Waals surface area contributed by atoms with E-state index in [9.17, 15) is 0 Å². The molecule has 0 saturated carbocycles. The van der Waals surface area contributed by atoms with Gasteiger partial charge in [0.2, 0.25) is 0 Å². The molecule has 0 unspecified atom stereocenters. The second-order valence-corrected chi connectivity index (χ2v) is 5.93. The first kappa shape index (κ1) is 14.7. The highest BCUT2D eigenvalue weighted by Gasteiger charge is 2.16. The topological polar surface area (TPSA) is 21.3 Å². The molecule has 2 nitrogen and oxygen atoms in total. The fourth-order valence-corrected chi connectivity index (χ4v) is 2.69. The second-order valence-electron chi connectivity index (χ2n) is 5.50. The standard InChI is InChI=1S/C16H24ClNO/c1-3-12(2)15-10-14(17)4-5-16(15)19-11-13-6-8-18-9-7-13/h4-5,10,12-13,18H,3,6-9,11H2,1-2H3/t12-/m0/s1. The average Bonchev–Trinajstić information content (AvgIpc) is 2.46. The summed E-state index contributed by atoms with van der Waals surface area (Å²) in [6.07, 6.45) is 3.53.